The van der Waals surface area contributed by atoms with Gasteiger partial charge in [0.25, 0.3) is 5.75 Å². The van der Waals surface area contributed by atoms with Gasteiger partial charge in [0.05, 0.1) is 16.5 Å². The van der Waals surface area contributed by atoms with E-state index in [0.29, 0.717) is 12.0 Å². The molecule has 0 aromatic heterocycles. The molecule has 1 rings (SSSR count). The van der Waals surface area contributed by atoms with Crippen molar-refractivity contribution in [2.45, 2.75) is 58.8 Å². The summed E-state index contributed by atoms with van der Waals surface area (Å²) in [7, 11) is 0. The lowest BCUT2D eigenvalue weighted by molar-refractivity contribution is -0.402. The fourth-order valence-electron chi connectivity index (χ4n) is 2.03. The van der Waals surface area contributed by atoms with Crippen molar-refractivity contribution in [3.63, 3.8) is 0 Å². The average molecular weight is 356 g/mol. The summed E-state index contributed by atoms with van der Waals surface area (Å²) in [4.78, 5) is 21.3. The Bertz CT molecular complexity index is 619. The Kier molecular flexibility index (Phi) is 6.44. The quantitative estimate of drug-likeness (QED) is 0.428. The minimum absolute atomic E-state index is 0.0671. The van der Waals surface area contributed by atoms with E-state index in [0.717, 1.165) is 0 Å². The van der Waals surface area contributed by atoms with Crippen molar-refractivity contribution in [2.75, 3.05) is 6.61 Å². The number of hydrogen-bond acceptors (Lipinski definition) is 7. The van der Waals surface area contributed by atoms with Gasteiger partial charge in [-0.05, 0) is 17.4 Å². The average Bonchev–Trinajstić information content (AvgIpc) is 2.51. The summed E-state index contributed by atoms with van der Waals surface area (Å²) in [5, 5.41) is 33.2. The van der Waals surface area contributed by atoms with E-state index in [1.54, 1.807) is 27.7 Å². The van der Waals surface area contributed by atoms with Gasteiger partial charge in [0.15, 0.2) is 0 Å². The lowest BCUT2D eigenvalue weighted by Gasteiger charge is -2.27. The smallest absolute Gasteiger partial charge is 0.324 e. The summed E-state index contributed by atoms with van der Waals surface area (Å²) in [6.07, 6.45) is 0.501. The Labute approximate surface area is 145 Å². The molecule has 0 amide bonds. The summed E-state index contributed by atoms with van der Waals surface area (Å²) < 4.78 is 10.4. The van der Waals surface area contributed by atoms with Crippen LogP contribution in [0.2, 0.25) is 0 Å². The molecule has 0 spiro atoms. The predicted molar refractivity (Wildman–Crippen MR) is 90.6 cm³/mol. The molecule has 1 N–H and O–H groups in total. The molecule has 0 heterocycles. The summed E-state index contributed by atoms with van der Waals surface area (Å²) in [6.45, 7) is 8.82. The maximum atomic E-state index is 11.4. The first-order valence-corrected chi connectivity index (χ1v) is 7.97. The Morgan fingerprint density at radius 3 is 1.88 bits per heavy atom. The first-order valence-electron chi connectivity index (χ1n) is 7.97. The third-order valence-electron chi connectivity index (χ3n) is 3.55. The lowest BCUT2D eigenvalue weighted by Crippen LogP contribution is -2.39. The van der Waals surface area contributed by atoms with Gasteiger partial charge >= 0.3 is 17.3 Å². The number of rotatable bonds is 8. The second kappa shape index (κ2) is 7.75. The number of nitro groups is 2. The van der Waals surface area contributed by atoms with Crippen LogP contribution >= 0.6 is 0 Å². The third kappa shape index (κ3) is 5.10. The Hall–Kier alpha value is -2.26. The van der Waals surface area contributed by atoms with Crippen molar-refractivity contribution in [3.05, 3.63) is 37.9 Å². The molecule has 140 valence electrons. The highest BCUT2D eigenvalue weighted by Gasteiger charge is 2.38. The molecule has 1 atom stereocenters. The molecule has 25 heavy (non-hydrogen) atoms. The van der Waals surface area contributed by atoms with Gasteiger partial charge in [-0.3, -0.25) is 20.2 Å². The fraction of sp³-hybridized carbons (Fsp3) is 0.625. The molecule has 0 fully saturated rings. The van der Waals surface area contributed by atoms with Crippen LogP contribution in [-0.4, -0.2) is 27.5 Å². The van der Waals surface area contributed by atoms with E-state index < -0.39 is 38.4 Å². The number of aliphatic hydroxyl groups is 1. The van der Waals surface area contributed by atoms with Crippen LogP contribution in [0.4, 0.5) is 11.4 Å². The summed E-state index contributed by atoms with van der Waals surface area (Å²) in [6, 6.07) is 2.44. The van der Waals surface area contributed by atoms with Crippen LogP contribution in [0.5, 0.6) is 5.75 Å². The van der Waals surface area contributed by atoms with Gasteiger partial charge in [-0.25, -0.2) is 0 Å². The molecule has 0 aliphatic rings. The van der Waals surface area contributed by atoms with E-state index in [9.17, 15) is 25.3 Å². The maximum absolute atomic E-state index is 11.4. The van der Waals surface area contributed by atoms with Crippen molar-refractivity contribution in [2.24, 2.45) is 0 Å². The number of nitro benzene ring substituents is 2. The highest BCUT2D eigenvalue weighted by atomic mass is 16.8. The first kappa shape index (κ1) is 20.8. The summed E-state index contributed by atoms with van der Waals surface area (Å²) >= 11 is 0. The largest absolute Gasteiger partial charge is 0.425 e. The van der Waals surface area contributed by atoms with Gasteiger partial charge in [-0.2, -0.15) is 0 Å². The number of ether oxygens (including phenoxy) is 2. The lowest BCUT2D eigenvalue weighted by atomic mass is 9.86. The standard InChI is InChI=1S/C16H24N2O7/c1-6-8-24-16(19,7-2)25-14-12(17(20)21)9-11(15(3,4)5)10-13(14)18(22)23/h9-10,19H,6-8H2,1-5H3. The van der Waals surface area contributed by atoms with Crippen molar-refractivity contribution < 1.29 is 24.4 Å². The molecular weight excluding hydrogens is 332 g/mol. The van der Waals surface area contributed by atoms with Gasteiger partial charge < -0.3 is 14.6 Å². The minimum Gasteiger partial charge on any atom is -0.425 e. The molecule has 1 unspecified atom stereocenters. The zero-order chi connectivity index (χ0) is 19.4. The topological polar surface area (TPSA) is 125 Å². The van der Waals surface area contributed by atoms with Gasteiger partial charge in [0.2, 0.25) is 0 Å². The van der Waals surface area contributed by atoms with Crippen LogP contribution in [0.25, 0.3) is 0 Å². The van der Waals surface area contributed by atoms with Crippen molar-refractivity contribution in [1.29, 1.82) is 0 Å². The van der Waals surface area contributed by atoms with Crippen LogP contribution in [0.1, 0.15) is 53.0 Å². The van der Waals surface area contributed by atoms with Crippen LogP contribution < -0.4 is 4.74 Å². The highest BCUT2D eigenvalue weighted by Crippen LogP contribution is 2.42. The van der Waals surface area contributed by atoms with E-state index in [-0.39, 0.29) is 13.0 Å². The fourth-order valence-corrected chi connectivity index (χ4v) is 2.03. The highest BCUT2D eigenvalue weighted by molar-refractivity contribution is 5.63. The van der Waals surface area contributed by atoms with Crippen molar-refractivity contribution in [1.82, 2.24) is 0 Å². The van der Waals surface area contributed by atoms with Crippen molar-refractivity contribution >= 4 is 11.4 Å². The summed E-state index contributed by atoms with van der Waals surface area (Å²) in [5.74, 6) is -2.81. The van der Waals surface area contributed by atoms with Gasteiger partial charge in [0.1, 0.15) is 0 Å². The van der Waals surface area contributed by atoms with E-state index >= 15 is 0 Å². The number of nitrogens with zero attached hydrogens (tertiary/aromatic N) is 2. The van der Waals surface area contributed by atoms with Crippen LogP contribution in [0.15, 0.2) is 12.1 Å². The molecule has 1 aromatic rings. The molecule has 0 bridgehead atoms. The Morgan fingerprint density at radius 2 is 1.56 bits per heavy atom. The second-order valence-corrected chi connectivity index (χ2v) is 6.62. The number of hydrogen-bond donors (Lipinski definition) is 1. The zero-order valence-electron chi connectivity index (χ0n) is 15.1. The maximum Gasteiger partial charge on any atom is 0.324 e. The first-order chi connectivity index (χ1) is 11.4. The molecule has 1 aromatic carbocycles. The predicted octanol–water partition coefficient (Wildman–Crippen LogP) is 3.66. The molecule has 0 aliphatic carbocycles. The second-order valence-electron chi connectivity index (χ2n) is 6.62. The Balaban J connectivity index is 3.56. The zero-order valence-corrected chi connectivity index (χ0v) is 15.1. The molecule has 0 saturated heterocycles. The van der Waals surface area contributed by atoms with Crippen LogP contribution in [0, 0.1) is 20.2 Å². The monoisotopic (exact) mass is 356 g/mol. The molecule has 0 aliphatic heterocycles. The molecular formula is C16H24N2O7. The molecule has 0 saturated carbocycles. The van der Waals surface area contributed by atoms with E-state index in [1.165, 1.54) is 19.1 Å². The van der Waals surface area contributed by atoms with E-state index in [4.69, 9.17) is 9.47 Å². The van der Waals surface area contributed by atoms with E-state index in [2.05, 4.69) is 0 Å². The SMILES string of the molecule is CCCOC(O)(CC)Oc1c([N+](=O)[O-])cc(C(C)(C)C)cc1[N+](=O)[O-]. The van der Waals surface area contributed by atoms with E-state index in [1.807, 2.05) is 0 Å². The molecule has 9 nitrogen and oxygen atoms in total. The van der Waals surface area contributed by atoms with Gasteiger partial charge in [-0.1, -0.05) is 34.6 Å². The Morgan fingerprint density at radius 1 is 1.08 bits per heavy atom. The van der Waals surface area contributed by atoms with Crippen LogP contribution in [0.3, 0.4) is 0 Å². The van der Waals surface area contributed by atoms with Gasteiger partial charge in [0, 0.05) is 18.6 Å². The normalized spacial score (nSPS) is 14.0. The van der Waals surface area contributed by atoms with Gasteiger partial charge in [-0.15, -0.1) is 0 Å². The molecule has 9 heteroatoms. The van der Waals surface area contributed by atoms with Crippen LogP contribution in [-0.2, 0) is 10.2 Å². The minimum atomic E-state index is -2.19. The molecule has 0 radical (unpaired) electrons. The van der Waals surface area contributed by atoms with Crippen molar-refractivity contribution in [3.8, 4) is 5.75 Å². The number of benzene rings is 1. The third-order valence-corrected chi connectivity index (χ3v) is 3.55. The summed E-state index contributed by atoms with van der Waals surface area (Å²) in [5.41, 5.74) is -1.32.